The van der Waals surface area contributed by atoms with Gasteiger partial charge < -0.3 is 10.1 Å². The number of hydrogen-bond donors (Lipinski definition) is 1. The van der Waals surface area contributed by atoms with Crippen molar-refractivity contribution in [2.45, 2.75) is 33.7 Å². The van der Waals surface area contributed by atoms with Crippen molar-refractivity contribution in [2.75, 3.05) is 6.61 Å². The lowest BCUT2D eigenvalue weighted by Crippen LogP contribution is -2.38. The van der Waals surface area contributed by atoms with Gasteiger partial charge in [-0.15, -0.1) is 11.3 Å². The fourth-order valence-corrected chi connectivity index (χ4v) is 3.05. The number of nitrogens with zero attached hydrogens (tertiary/aromatic N) is 1. The third kappa shape index (κ3) is 5.28. The van der Waals surface area contributed by atoms with Crippen molar-refractivity contribution in [3.8, 4) is 10.6 Å². The van der Waals surface area contributed by atoms with E-state index < -0.39 is 5.97 Å². The molecule has 0 bridgehead atoms. The zero-order valence-electron chi connectivity index (χ0n) is 14.6. The van der Waals surface area contributed by atoms with Crippen molar-refractivity contribution >= 4 is 34.8 Å². The van der Waals surface area contributed by atoms with Gasteiger partial charge in [-0.05, 0) is 31.9 Å². The second-order valence-electron chi connectivity index (χ2n) is 6.12. The van der Waals surface area contributed by atoms with Gasteiger partial charge in [-0.2, -0.15) is 0 Å². The molecule has 0 aliphatic carbocycles. The van der Waals surface area contributed by atoms with Gasteiger partial charge >= 0.3 is 5.97 Å². The first kappa shape index (κ1) is 19.4. The Morgan fingerprint density at radius 1 is 1.24 bits per heavy atom. The Morgan fingerprint density at radius 3 is 2.48 bits per heavy atom. The van der Waals surface area contributed by atoms with Crippen molar-refractivity contribution in [3.63, 3.8) is 0 Å². The summed E-state index contributed by atoms with van der Waals surface area (Å²) in [5.41, 5.74) is 1.45. The Hall–Kier alpha value is -1.92. The first-order valence-corrected chi connectivity index (χ1v) is 9.17. The van der Waals surface area contributed by atoms with E-state index in [4.69, 9.17) is 16.3 Å². The van der Waals surface area contributed by atoms with Crippen LogP contribution in [0.25, 0.3) is 10.6 Å². The van der Waals surface area contributed by atoms with Gasteiger partial charge in [-0.1, -0.05) is 37.6 Å². The maximum Gasteiger partial charge on any atom is 0.350 e. The molecule has 0 spiro atoms. The van der Waals surface area contributed by atoms with Gasteiger partial charge in [0.05, 0.1) is 5.69 Å². The van der Waals surface area contributed by atoms with Crippen LogP contribution in [0.5, 0.6) is 0 Å². The monoisotopic (exact) mass is 380 g/mol. The number of hydrogen-bond acceptors (Lipinski definition) is 5. The highest BCUT2D eigenvalue weighted by Gasteiger charge is 2.19. The second-order valence-corrected chi connectivity index (χ2v) is 7.55. The van der Waals surface area contributed by atoms with Crippen molar-refractivity contribution < 1.29 is 14.3 Å². The predicted octanol–water partition coefficient (Wildman–Crippen LogP) is 4.09. The fraction of sp³-hybridized carbons (Fsp3) is 0.389. The maximum absolute atomic E-state index is 12.2. The highest BCUT2D eigenvalue weighted by atomic mass is 35.5. The van der Waals surface area contributed by atoms with E-state index in [1.165, 1.54) is 11.3 Å². The van der Waals surface area contributed by atoms with Crippen LogP contribution < -0.4 is 5.32 Å². The molecule has 1 unspecified atom stereocenters. The van der Waals surface area contributed by atoms with Crippen LogP contribution >= 0.6 is 22.9 Å². The van der Waals surface area contributed by atoms with Crippen molar-refractivity contribution in [3.05, 3.63) is 39.9 Å². The number of aromatic nitrogens is 1. The molecular formula is C18H21ClN2O3S. The van der Waals surface area contributed by atoms with Crippen LogP contribution in [0.2, 0.25) is 5.02 Å². The molecule has 134 valence electrons. The minimum absolute atomic E-state index is 0.0212. The number of halogens is 1. The number of rotatable bonds is 6. The van der Waals surface area contributed by atoms with E-state index in [1.807, 2.05) is 32.9 Å². The molecule has 2 aromatic rings. The number of aryl methyl sites for hydroxylation is 1. The van der Waals surface area contributed by atoms with Crippen LogP contribution in [0.15, 0.2) is 24.3 Å². The standard InChI is InChI=1S/C18H21ClN2O3S/c1-10(2)11(3)20-15(22)9-24-18(23)16-12(4)21-17(25-16)13-5-7-14(19)8-6-13/h5-8,10-11H,9H2,1-4H3,(H,20,22). The molecule has 25 heavy (non-hydrogen) atoms. The van der Waals surface area contributed by atoms with Crippen LogP contribution in [-0.2, 0) is 9.53 Å². The maximum atomic E-state index is 12.2. The number of benzene rings is 1. The van der Waals surface area contributed by atoms with Crippen LogP contribution in [0.1, 0.15) is 36.1 Å². The zero-order valence-corrected chi connectivity index (χ0v) is 16.2. The van der Waals surface area contributed by atoms with Crippen LogP contribution in [-0.4, -0.2) is 29.5 Å². The predicted molar refractivity (Wildman–Crippen MR) is 100 cm³/mol. The Labute approximate surface area is 156 Å². The van der Waals surface area contributed by atoms with E-state index in [0.29, 0.717) is 26.5 Å². The smallest absolute Gasteiger partial charge is 0.350 e. The minimum Gasteiger partial charge on any atom is -0.451 e. The van der Waals surface area contributed by atoms with Gasteiger partial charge in [-0.3, -0.25) is 4.79 Å². The molecular weight excluding hydrogens is 360 g/mol. The van der Waals surface area contributed by atoms with Gasteiger partial charge in [-0.25, -0.2) is 9.78 Å². The molecule has 1 atom stereocenters. The lowest BCUT2D eigenvalue weighted by molar-refractivity contribution is -0.125. The number of carbonyl (C=O) groups is 2. The fourth-order valence-electron chi connectivity index (χ4n) is 1.96. The van der Waals surface area contributed by atoms with E-state index >= 15 is 0 Å². The Balaban J connectivity index is 2.00. The second kappa shape index (κ2) is 8.45. The van der Waals surface area contributed by atoms with Crippen LogP contribution in [0, 0.1) is 12.8 Å². The van der Waals surface area contributed by atoms with Crippen molar-refractivity contribution in [2.24, 2.45) is 5.92 Å². The molecule has 0 saturated carbocycles. The summed E-state index contributed by atoms with van der Waals surface area (Å²) in [6.45, 7) is 7.37. The normalized spacial score (nSPS) is 12.1. The summed E-state index contributed by atoms with van der Waals surface area (Å²) in [5.74, 6) is -0.539. The highest BCUT2D eigenvalue weighted by molar-refractivity contribution is 7.17. The lowest BCUT2D eigenvalue weighted by Gasteiger charge is -2.17. The number of carbonyl (C=O) groups excluding carboxylic acids is 2. The number of thiazole rings is 1. The number of esters is 1. The largest absolute Gasteiger partial charge is 0.451 e. The van der Waals surface area contributed by atoms with Gasteiger partial charge in [0.2, 0.25) is 0 Å². The molecule has 1 N–H and O–H groups in total. The van der Waals surface area contributed by atoms with Crippen LogP contribution in [0.3, 0.4) is 0 Å². The average Bonchev–Trinajstić information content (AvgIpc) is 2.95. The van der Waals surface area contributed by atoms with Gasteiger partial charge in [0.15, 0.2) is 6.61 Å². The topological polar surface area (TPSA) is 68.3 Å². The number of ether oxygens (including phenoxy) is 1. The third-order valence-corrected chi connectivity index (χ3v) is 5.23. The average molecular weight is 381 g/mol. The van der Waals surface area contributed by atoms with Gasteiger partial charge in [0.1, 0.15) is 9.88 Å². The van der Waals surface area contributed by atoms with Gasteiger partial charge in [0.25, 0.3) is 5.91 Å². The summed E-state index contributed by atoms with van der Waals surface area (Å²) >= 11 is 7.12. The molecule has 7 heteroatoms. The van der Waals surface area contributed by atoms with E-state index in [-0.39, 0.29) is 18.6 Å². The summed E-state index contributed by atoms with van der Waals surface area (Å²) in [7, 11) is 0. The molecule has 0 aliphatic heterocycles. The van der Waals surface area contributed by atoms with E-state index in [2.05, 4.69) is 10.3 Å². The molecule has 1 heterocycles. The molecule has 0 saturated heterocycles. The molecule has 1 aromatic heterocycles. The minimum atomic E-state index is -0.539. The van der Waals surface area contributed by atoms with E-state index in [0.717, 1.165) is 5.56 Å². The number of nitrogens with one attached hydrogen (secondary N) is 1. The lowest BCUT2D eigenvalue weighted by atomic mass is 10.1. The van der Waals surface area contributed by atoms with Crippen molar-refractivity contribution in [1.82, 2.24) is 10.3 Å². The van der Waals surface area contributed by atoms with E-state index in [1.54, 1.807) is 19.1 Å². The van der Waals surface area contributed by atoms with Crippen LogP contribution in [0.4, 0.5) is 0 Å². The molecule has 1 amide bonds. The Kier molecular flexibility index (Phi) is 6.56. The van der Waals surface area contributed by atoms with Gasteiger partial charge in [0, 0.05) is 16.6 Å². The Bertz CT molecular complexity index is 756. The SMILES string of the molecule is Cc1nc(-c2ccc(Cl)cc2)sc1C(=O)OCC(=O)NC(C)C(C)C. The van der Waals surface area contributed by atoms with Crippen molar-refractivity contribution in [1.29, 1.82) is 0 Å². The Morgan fingerprint density at radius 2 is 1.88 bits per heavy atom. The first-order valence-electron chi connectivity index (χ1n) is 7.97. The summed E-state index contributed by atoms with van der Waals surface area (Å²) < 4.78 is 5.12. The zero-order chi connectivity index (χ0) is 18.6. The third-order valence-electron chi connectivity index (χ3n) is 3.80. The van der Waals surface area contributed by atoms with E-state index in [9.17, 15) is 9.59 Å². The summed E-state index contributed by atoms with van der Waals surface area (Å²) in [6.07, 6.45) is 0. The summed E-state index contributed by atoms with van der Waals surface area (Å²) in [4.78, 5) is 28.9. The molecule has 0 fully saturated rings. The quantitative estimate of drug-likeness (QED) is 0.766. The number of amides is 1. The highest BCUT2D eigenvalue weighted by Crippen LogP contribution is 2.29. The summed E-state index contributed by atoms with van der Waals surface area (Å²) in [5, 5.41) is 4.14. The molecule has 5 nitrogen and oxygen atoms in total. The molecule has 2 rings (SSSR count). The molecule has 0 aliphatic rings. The molecule has 0 radical (unpaired) electrons. The first-order chi connectivity index (χ1) is 11.8. The summed E-state index contributed by atoms with van der Waals surface area (Å²) in [6, 6.07) is 7.25. The molecule has 1 aromatic carbocycles.